The number of nitrogens with zero attached hydrogens (tertiary/aromatic N) is 2. The van der Waals surface area contributed by atoms with Crippen LogP contribution in [0.1, 0.15) is 22.3 Å². The highest BCUT2D eigenvalue weighted by atomic mass is 16.6. The van der Waals surface area contributed by atoms with Crippen LogP contribution in [0.4, 0.5) is 5.69 Å². The van der Waals surface area contributed by atoms with Gasteiger partial charge in [-0.25, -0.2) is 10.4 Å². The summed E-state index contributed by atoms with van der Waals surface area (Å²) in [4.78, 5) is 47.5. The molecule has 1 aliphatic heterocycles. The zero-order valence-corrected chi connectivity index (χ0v) is 15.4. The van der Waals surface area contributed by atoms with E-state index in [1.807, 2.05) is 0 Å². The van der Waals surface area contributed by atoms with E-state index in [9.17, 15) is 24.5 Å². The summed E-state index contributed by atoms with van der Waals surface area (Å²) in [5.41, 5.74) is 3.73. The maximum absolute atomic E-state index is 13.1. The molecule has 9 nitrogen and oxygen atoms in total. The van der Waals surface area contributed by atoms with E-state index in [0.29, 0.717) is 11.3 Å². The number of esters is 1. The lowest BCUT2D eigenvalue weighted by Crippen LogP contribution is -2.53. The Morgan fingerprint density at radius 2 is 1.79 bits per heavy atom. The second-order valence-electron chi connectivity index (χ2n) is 6.20. The molecule has 0 aromatic heterocycles. The van der Waals surface area contributed by atoms with E-state index in [0.717, 1.165) is 0 Å². The maximum Gasteiger partial charge on any atom is 0.307 e. The van der Waals surface area contributed by atoms with Crippen LogP contribution in [0, 0.1) is 10.1 Å². The van der Waals surface area contributed by atoms with Crippen molar-refractivity contribution in [1.82, 2.24) is 10.4 Å². The highest BCUT2D eigenvalue weighted by Gasteiger charge is 2.33. The van der Waals surface area contributed by atoms with Gasteiger partial charge in [-0.15, -0.1) is 0 Å². The van der Waals surface area contributed by atoms with Crippen molar-refractivity contribution in [3.8, 4) is 0 Å². The highest BCUT2D eigenvalue weighted by Crippen LogP contribution is 2.25. The van der Waals surface area contributed by atoms with Gasteiger partial charge in [-0.1, -0.05) is 30.3 Å². The van der Waals surface area contributed by atoms with Gasteiger partial charge in [-0.3, -0.25) is 24.5 Å². The molecule has 1 aliphatic rings. The van der Waals surface area contributed by atoms with Gasteiger partial charge in [-0.05, 0) is 17.7 Å². The van der Waals surface area contributed by atoms with Crippen molar-refractivity contribution < 1.29 is 24.0 Å². The molecule has 9 heteroatoms. The zero-order chi connectivity index (χ0) is 21.0. The van der Waals surface area contributed by atoms with Crippen LogP contribution in [0.25, 0.3) is 5.70 Å². The lowest BCUT2D eigenvalue weighted by molar-refractivity contribution is -0.384. The van der Waals surface area contributed by atoms with Gasteiger partial charge >= 0.3 is 5.97 Å². The number of nitro benzene ring substituents is 1. The van der Waals surface area contributed by atoms with Gasteiger partial charge in [0.1, 0.15) is 0 Å². The highest BCUT2D eigenvalue weighted by molar-refractivity contribution is 6.08. The molecule has 1 heterocycles. The minimum absolute atomic E-state index is 0.147. The van der Waals surface area contributed by atoms with Gasteiger partial charge < -0.3 is 4.74 Å². The van der Waals surface area contributed by atoms with Crippen molar-refractivity contribution in [2.75, 3.05) is 7.11 Å². The molecule has 0 saturated heterocycles. The number of carbonyl (C=O) groups is 3. The molecule has 0 radical (unpaired) electrons. The number of ether oxygens (including phenoxy) is 1. The molecule has 148 valence electrons. The van der Waals surface area contributed by atoms with Crippen LogP contribution in [0.15, 0.2) is 60.7 Å². The number of methoxy groups -OCH3 is 1. The number of non-ortho nitro benzene ring substituents is 1. The van der Waals surface area contributed by atoms with E-state index in [4.69, 9.17) is 0 Å². The SMILES string of the molecule is COC(=O)C[C@H]1NN(C(=O)c2ccc([N+](=O)[O-])cc2)C(c2ccccc2)=CC1=O. The number of ketones is 1. The second-order valence-corrected chi connectivity index (χ2v) is 6.20. The molecule has 0 saturated carbocycles. The standard InChI is InChI=1S/C20H17N3O6/c1-29-19(25)11-16-18(24)12-17(13-5-3-2-4-6-13)22(21-16)20(26)14-7-9-15(10-8-14)23(27)28/h2-10,12,16,21H,11H2,1H3/t16-/m1/s1. The first-order valence-corrected chi connectivity index (χ1v) is 8.63. The average Bonchev–Trinajstić information content (AvgIpc) is 2.75. The Morgan fingerprint density at radius 1 is 1.14 bits per heavy atom. The molecule has 29 heavy (non-hydrogen) atoms. The van der Waals surface area contributed by atoms with E-state index < -0.39 is 22.8 Å². The third kappa shape index (κ3) is 4.36. The first-order valence-electron chi connectivity index (χ1n) is 8.63. The molecule has 0 fully saturated rings. The number of benzene rings is 2. The number of hydrazine groups is 1. The average molecular weight is 395 g/mol. The summed E-state index contributed by atoms with van der Waals surface area (Å²) in [6.07, 6.45) is 1.04. The predicted molar refractivity (Wildman–Crippen MR) is 102 cm³/mol. The number of rotatable bonds is 5. The van der Waals surface area contributed by atoms with Gasteiger partial charge in [0.25, 0.3) is 11.6 Å². The first-order chi connectivity index (χ1) is 13.9. The summed E-state index contributed by atoms with van der Waals surface area (Å²) < 4.78 is 4.61. The van der Waals surface area contributed by atoms with Crippen LogP contribution in [-0.4, -0.2) is 40.7 Å². The Balaban J connectivity index is 1.97. The predicted octanol–water partition coefficient (Wildman–Crippen LogP) is 2.10. The van der Waals surface area contributed by atoms with Gasteiger partial charge in [0.05, 0.1) is 30.2 Å². The number of nitro groups is 1. The molecule has 3 rings (SSSR count). The molecule has 0 unspecified atom stereocenters. The molecule has 1 N–H and O–H groups in total. The molecule has 2 aromatic carbocycles. The Hall–Kier alpha value is -3.85. The molecule has 2 aromatic rings. The summed E-state index contributed by atoms with van der Waals surface area (Å²) in [5.74, 6) is -1.51. The Labute approximate surface area is 165 Å². The van der Waals surface area contributed by atoms with Gasteiger partial charge in [0.15, 0.2) is 5.78 Å². The van der Waals surface area contributed by atoms with Crippen LogP contribution in [0.2, 0.25) is 0 Å². The second kappa shape index (κ2) is 8.44. The molecular formula is C20H17N3O6. The lowest BCUT2D eigenvalue weighted by Gasteiger charge is -2.33. The van der Waals surface area contributed by atoms with Gasteiger partial charge in [0.2, 0.25) is 0 Å². The van der Waals surface area contributed by atoms with E-state index in [2.05, 4.69) is 10.2 Å². The van der Waals surface area contributed by atoms with Gasteiger partial charge in [-0.2, -0.15) is 0 Å². The summed E-state index contributed by atoms with van der Waals surface area (Å²) in [6, 6.07) is 12.9. The number of hydrogen-bond donors (Lipinski definition) is 1. The van der Waals surface area contributed by atoms with Crippen LogP contribution >= 0.6 is 0 Å². The smallest absolute Gasteiger partial charge is 0.307 e. The summed E-state index contributed by atoms with van der Waals surface area (Å²) >= 11 is 0. The fourth-order valence-electron chi connectivity index (χ4n) is 2.83. The minimum atomic E-state index is -0.975. The minimum Gasteiger partial charge on any atom is -0.469 e. The monoisotopic (exact) mass is 395 g/mol. The fourth-order valence-corrected chi connectivity index (χ4v) is 2.83. The topological polar surface area (TPSA) is 119 Å². The molecule has 1 amide bonds. The summed E-state index contributed by atoms with van der Waals surface area (Å²) in [7, 11) is 1.21. The first kappa shape index (κ1) is 19.9. The van der Waals surface area contributed by atoms with E-state index >= 15 is 0 Å². The van der Waals surface area contributed by atoms with Crippen LogP contribution in [0.3, 0.4) is 0 Å². The third-order valence-corrected chi connectivity index (χ3v) is 4.34. The third-order valence-electron chi connectivity index (χ3n) is 4.34. The normalized spacial score (nSPS) is 16.2. The van der Waals surface area contributed by atoms with Crippen LogP contribution < -0.4 is 5.43 Å². The van der Waals surface area contributed by atoms with Crippen molar-refractivity contribution in [3.63, 3.8) is 0 Å². The van der Waals surface area contributed by atoms with E-state index in [1.165, 1.54) is 42.5 Å². The number of carbonyl (C=O) groups excluding carboxylic acids is 3. The number of amides is 1. The van der Waals surface area contributed by atoms with Gasteiger partial charge in [0, 0.05) is 23.8 Å². The largest absolute Gasteiger partial charge is 0.469 e. The molecular weight excluding hydrogens is 378 g/mol. The van der Waals surface area contributed by atoms with Crippen LogP contribution in [-0.2, 0) is 14.3 Å². The molecule has 0 aliphatic carbocycles. The Kier molecular flexibility index (Phi) is 5.79. The number of nitrogens with one attached hydrogen (secondary N) is 1. The van der Waals surface area contributed by atoms with Crippen molar-refractivity contribution in [2.24, 2.45) is 0 Å². The number of hydrogen-bond acceptors (Lipinski definition) is 7. The van der Waals surface area contributed by atoms with Crippen molar-refractivity contribution in [3.05, 3.63) is 81.9 Å². The quantitative estimate of drug-likeness (QED) is 0.468. The molecule has 0 bridgehead atoms. The summed E-state index contributed by atoms with van der Waals surface area (Å²) in [5, 5.41) is 12.0. The summed E-state index contributed by atoms with van der Waals surface area (Å²) in [6.45, 7) is 0. The fraction of sp³-hybridized carbons (Fsp3) is 0.150. The maximum atomic E-state index is 13.1. The van der Waals surface area contributed by atoms with Crippen LogP contribution in [0.5, 0.6) is 0 Å². The van der Waals surface area contributed by atoms with E-state index in [1.54, 1.807) is 30.3 Å². The Morgan fingerprint density at radius 3 is 2.38 bits per heavy atom. The Bertz CT molecular complexity index is 985. The zero-order valence-electron chi connectivity index (χ0n) is 15.4. The molecule has 1 atom stereocenters. The molecule has 0 spiro atoms. The van der Waals surface area contributed by atoms with Crippen molar-refractivity contribution in [1.29, 1.82) is 0 Å². The van der Waals surface area contributed by atoms with Crippen molar-refractivity contribution in [2.45, 2.75) is 12.5 Å². The van der Waals surface area contributed by atoms with Crippen molar-refractivity contribution >= 4 is 29.0 Å². The lowest BCUT2D eigenvalue weighted by atomic mass is 10.0. The van der Waals surface area contributed by atoms with E-state index in [-0.39, 0.29) is 23.5 Å².